The molecule has 74 valence electrons. The lowest BCUT2D eigenvalue weighted by Gasteiger charge is -2.36. The number of rotatable bonds is 0. The van der Waals surface area contributed by atoms with Crippen molar-refractivity contribution >= 4 is 0 Å². The van der Waals surface area contributed by atoms with E-state index < -0.39 is 0 Å². The van der Waals surface area contributed by atoms with Crippen LogP contribution in [0.25, 0.3) is 0 Å². The molecule has 2 heteroatoms. The molecule has 0 radical (unpaired) electrons. The van der Waals surface area contributed by atoms with Gasteiger partial charge in [0.2, 0.25) is 6.29 Å². The molecule has 1 fully saturated rings. The second-order valence-corrected chi connectivity index (χ2v) is 4.07. The van der Waals surface area contributed by atoms with Gasteiger partial charge in [0.1, 0.15) is 5.75 Å². The van der Waals surface area contributed by atoms with E-state index in [9.17, 15) is 0 Å². The lowest BCUT2D eigenvalue weighted by molar-refractivity contribution is -0.148. The first-order valence-corrected chi connectivity index (χ1v) is 5.29. The van der Waals surface area contributed by atoms with E-state index in [1.807, 2.05) is 12.1 Å². The van der Waals surface area contributed by atoms with Gasteiger partial charge in [-0.2, -0.15) is 0 Å². The third kappa shape index (κ3) is 1.30. The largest absolute Gasteiger partial charge is 0.464 e. The predicted molar refractivity (Wildman–Crippen MR) is 53.2 cm³/mol. The van der Waals surface area contributed by atoms with E-state index in [0.717, 1.165) is 18.8 Å². The molecule has 2 atom stereocenters. The third-order valence-electron chi connectivity index (χ3n) is 3.08. The zero-order chi connectivity index (χ0) is 9.38. The van der Waals surface area contributed by atoms with Crippen LogP contribution in [0.15, 0.2) is 24.3 Å². The van der Waals surface area contributed by atoms with Crippen LogP contribution >= 0.6 is 0 Å². The molecule has 2 nitrogen and oxygen atoms in total. The first-order chi connectivity index (χ1) is 6.93. The maximum absolute atomic E-state index is 5.81. The van der Waals surface area contributed by atoms with Gasteiger partial charge in [-0.1, -0.05) is 18.2 Å². The van der Waals surface area contributed by atoms with Crippen molar-refractivity contribution in [2.24, 2.45) is 5.92 Å². The highest BCUT2D eigenvalue weighted by atomic mass is 16.7. The smallest absolute Gasteiger partial charge is 0.202 e. The topological polar surface area (TPSA) is 18.5 Å². The number of hydrogen-bond acceptors (Lipinski definition) is 2. The van der Waals surface area contributed by atoms with Crippen LogP contribution < -0.4 is 4.74 Å². The van der Waals surface area contributed by atoms with Crippen molar-refractivity contribution in [2.75, 3.05) is 6.61 Å². The lowest BCUT2D eigenvalue weighted by Crippen LogP contribution is -2.38. The fourth-order valence-corrected chi connectivity index (χ4v) is 2.34. The zero-order valence-corrected chi connectivity index (χ0v) is 8.11. The Bertz CT molecular complexity index is 302. The Morgan fingerprint density at radius 3 is 3.14 bits per heavy atom. The van der Waals surface area contributed by atoms with Crippen molar-refractivity contribution in [1.29, 1.82) is 0 Å². The van der Waals surface area contributed by atoms with E-state index in [4.69, 9.17) is 9.47 Å². The highest BCUT2D eigenvalue weighted by Crippen LogP contribution is 2.35. The van der Waals surface area contributed by atoms with Gasteiger partial charge >= 0.3 is 0 Å². The van der Waals surface area contributed by atoms with Crippen molar-refractivity contribution in [3.8, 4) is 5.75 Å². The summed E-state index contributed by atoms with van der Waals surface area (Å²) in [5, 5.41) is 0. The average molecular weight is 190 g/mol. The van der Waals surface area contributed by atoms with Crippen molar-refractivity contribution in [3.63, 3.8) is 0 Å². The number of para-hydroxylation sites is 1. The summed E-state index contributed by atoms with van der Waals surface area (Å²) in [7, 11) is 0. The number of benzene rings is 1. The molecule has 0 N–H and O–H groups in total. The van der Waals surface area contributed by atoms with Gasteiger partial charge in [0.05, 0.1) is 6.61 Å². The monoisotopic (exact) mass is 190 g/mol. The van der Waals surface area contributed by atoms with Gasteiger partial charge in [-0.25, -0.2) is 0 Å². The maximum Gasteiger partial charge on any atom is 0.202 e. The summed E-state index contributed by atoms with van der Waals surface area (Å²) in [6, 6.07) is 8.28. The predicted octanol–water partition coefficient (Wildman–Crippen LogP) is 2.37. The summed E-state index contributed by atoms with van der Waals surface area (Å²) in [6.45, 7) is 0.851. The Kier molecular flexibility index (Phi) is 1.95. The van der Waals surface area contributed by atoms with Gasteiger partial charge in [-0.15, -0.1) is 0 Å². The van der Waals surface area contributed by atoms with E-state index in [0.29, 0.717) is 5.92 Å². The molecule has 1 aromatic rings. The minimum absolute atomic E-state index is 0.0126. The molecule has 0 spiro atoms. The molecule has 0 aliphatic carbocycles. The van der Waals surface area contributed by atoms with Crippen LogP contribution in [0, 0.1) is 5.92 Å². The Labute approximate surface area is 83.8 Å². The number of ether oxygens (including phenoxy) is 2. The molecule has 0 amide bonds. The van der Waals surface area contributed by atoms with Crippen LogP contribution in [0.2, 0.25) is 0 Å². The zero-order valence-electron chi connectivity index (χ0n) is 8.11. The van der Waals surface area contributed by atoms with Gasteiger partial charge in [0, 0.05) is 5.92 Å². The molecule has 0 bridgehead atoms. The molecule has 2 unspecified atom stereocenters. The second kappa shape index (κ2) is 3.28. The normalized spacial score (nSPS) is 30.0. The molecule has 0 saturated carbocycles. The van der Waals surface area contributed by atoms with Crippen molar-refractivity contribution in [3.05, 3.63) is 29.8 Å². The van der Waals surface area contributed by atoms with E-state index in [1.165, 1.54) is 18.4 Å². The fraction of sp³-hybridized carbons (Fsp3) is 0.500. The summed E-state index contributed by atoms with van der Waals surface area (Å²) in [4.78, 5) is 0. The fourth-order valence-electron chi connectivity index (χ4n) is 2.34. The van der Waals surface area contributed by atoms with Crippen LogP contribution in [0.5, 0.6) is 5.75 Å². The van der Waals surface area contributed by atoms with Crippen LogP contribution in [0.4, 0.5) is 0 Å². The van der Waals surface area contributed by atoms with Gasteiger partial charge in [-0.05, 0) is 30.9 Å². The molecule has 2 aliphatic heterocycles. The number of hydrogen-bond donors (Lipinski definition) is 0. The standard InChI is InChI=1S/C12H14O2/c1-2-6-11-9(4-1)8-10-5-3-7-13-12(10)14-11/h1-2,4,6,10,12H,3,5,7-8H2. The molecular weight excluding hydrogens is 176 g/mol. The lowest BCUT2D eigenvalue weighted by atomic mass is 9.90. The highest BCUT2D eigenvalue weighted by Gasteiger charge is 2.32. The van der Waals surface area contributed by atoms with Crippen molar-refractivity contribution < 1.29 is 9.47 Å². The maximum atomic E-state index is 5.81. The minimum Gasteiger partial charge on any atom is -0.464 e. The second-order valence-electron chi connectivity index (χ2n) is 4.07. The third-order valence-corrected chi connectivity index (χ3v) is 3.08. The van der Waals surface area contributed by atoms with Crippen LogP contribution in [-0.4, -0.2) is 12.9 Å². The molecule has 1 saturated heterocycles. The van der Waals surface area contributed by atoms with E-state index in [-0.39, 0.29) is 6.29 Å². The Morgan fingerprint density at radius 2 is 2.14 bits per heavy atom. The molecule has 14 heavy (non-hydrogen) atoms. The molecular formula is C12H14O2. The molecule has 3 rings (SSSR count). The first-order valence-electron chi connectivity index (χ1n) is 5.29. The van der Waals surface area contributed by atoms with Gasteiger partial charge in [0.25, 0.3) is 0 Å². The van der Waals surface area contributed by atoms with E-state index in [2.05, 4.69) is 12.1 Å². The molecule has 1 aromatic carbocycles. The average Bonchev–Trinajstić information content (AvgIpc) is 2.26. The Morgan fingerprint density at radius 1 is 1.21 bits per heavy atom. The summed E-state index contributed by atoms with van der Waals surface area (Å²) in [5.41, 5.74) is 1.33. The summed E-state index contributed by atoms with van der Waals surface area (Å²) < 4.78 is 11.4. The van der Waals surface area contributed by atoms with Crippen LogP contribution in [0.1, 0.15) is 18.4 Å². The highest BCUT2D eigenvalue weighted by molar-refractivity contribution is 5.35. The summed E-state index contributed by atoms with van der Waals surface area (Å²) in [6.07, 6.45) is 3.53. The van der Waals surface area contributed by atoms with Crippen molar-refractivity contribution in [1.82, 2.24) is 0 Å². The van der Waals surface area contributed by atoms with Crippen molar-refractivity contribution in [2.45, 2.75) is 25.6 Å². The van der Waals surface area contributed by atoms with Gasteiger partial charge in [0.15, 0.2) is 0 Å². The minimum atomic E-state index is 0.0126. The van der Waals surface area contributed by atoms with Gasteiger partial charge < -0.3 is 9.47 Å². The molecule has 2 heterocycles. The quantitative estimate of drug-likeness (QED) is 0.625. The van der Waals surface area contributed by atoms with Crippen LogP contribution in [0.3, 0.4) is 0 Å². The molecule has 2 aliphatic rings. The molecule has 0 aromatic heterocycles. The Hall–Kier alpha value is -1.02. The summed E-state index contributed by atoms with van der Waals surface area (Å²) >= 11 is 0. The summed E-state index contributed by atoms with van der Waals surface area (Å²) in [5.74, 6) is 1.58. The SMILES string of the molecule is c1ccc2c(c1)CC1CCCOC1O2. The number of fused-ring (bicyclic) bond motifs is 2. The van der Waals surface area contributed by atoms with Crippen LogP contribution in [-0.2, 0) is 11.2 Å². The van der Waals surface area contributed by atoms with Gasteiger partial charge in [-0.3, -0.25) is 0 Å². The van der Waals surface area contributed by atoms with E-state index >= 15 is 0 Å². The Balaban J connectivity index is 1.91. The van der Waals surface area contributed by atoms with E-state index in [1.54, 1.807) is 0 Å². The first kappa shape index (κ1) is 8.30.